The molecule has 0 aliphatic rings. The van der Waals surface area contributed by atoms with Crippen LogP contribution < -0.4 is 0 Å². The average Bonchev–Trinajstić information content (AvgIpc) is 3.13. The standard InChI is InChI=1S/C26H29N2/c1-21(23-14-8-5-9-15-23)26(24-17-19-27-18-11-10-16-25(24)27)28(2,3)20-22-12-6-4-7-13-22/h4-19,21,26H,20H2,1-3H3/q+1. The second kappa shape index (κ2) is 7.65. The van der Waals surface area contributed by atoms with E-state index in [0.29, 0.717) is 12.0 Å². The predicted octanol–water partition coefficient (Wildman–Crippen LogP) is 6.06. The van der Waals surface area contributed by atoms with Crippen LogP contribution in [0.4, 0.5) is 0 Å². The van der Waals surface area contributed by atoms with E-state index in [1.54, 1.807) is 0 Å². The number of rotatable bonds is 6. The zero-order valence-electron chi connectivity index (χ0n) is 17.0. The summed E-state index contributed by atoms with van der Waals surface area (Å²) in [4.78, 5) is 0. The van der Waals surface area contributed by atoms with Crippen molar-refractivity contribution in [2.75, 3.05) is 14.1 Å². The Morgan fingerprint density at radius 2 is 1.39 bits per heavy atom. The van der Waals surface area contributed by atoms with Crippen LogP contribution in [0.2, 0.25) is 0 Å². The van der Waals surface area contributed by atoms with Gasteiger partial charge in [-0.2, -0.15) is 0 Å². The van der Waals surface area contributed by atoms with Crippen LogP contribution >= 0.6 is 0 Å². The summed E-state index contributed by atoms with van der Waals surface area (Å²) in [6.45, 7) is 3.37. The highest BCUT2D eigenvalue weighted by Gasteiger charge is 2.37. The zero-order valence-corrected chi connectivity index (χ0v) is 17.0. The second-order valence-corrected chi connectivity index (χ2v) is 8.33. The molecule has 2 atom stereocenters. The van der Waals surface area contributed by atoms with Crippen molar-refractivity contribution in [2.24, 2.45) is 0 Å². The van der Waals surface area contributed by atoms with E-state index < -0.39 is 0 Å². The number of fused-ring (bicyclic) bond motifs is 1. The molecule has 2 nitrogen and oxygen atoms in total. The lowest BCUT2D eigenvalue weighted by Crippen LogP contribution is -2.44. The fourth-order valence-electron chi connectivity index (χ4n) is 4.67. The van der Waals surface area contributed by atoms with Gasteiger partial charge in [-0.05, 0) is 23.8 Å². The molecule has 142 valence electrons. The fraction of sp³-hybridized carbons (Fsp3) is 0.231. The van der Waals surface area contributed by atoms with E-state index in [4.69, 9.17) is 0 Å². The number of quaternary nitrogens is 1. The quantitative estimate of drug-likeness (QED) is 0.364. The van der Waals surface area contributed by atoms with Gasteiger partial charge in [0.05, 0.1) is 19.6 Å². The highest BCUT2D eigenvalue weighted by atomic mass is 15.3. The maximum atomic E-state index is 2.37. The Bertz CT molecular complexity index is 1030. The lowest BCUT2D eigenvalue weighted by molar-refractivity contribution is -0.935. The lowest BCUT2D eigenvalue weighted by atomic mass is 9.86. The molecular formula is C26H29N2+. The van der Waals surface area contributed by atoms with E-state index in [1.165, 1.54) is 22.2 Å². The van der Waals surface area contributed by atoms with Crippen molar-refractivity contribution in [3.8, 4) is 0 Å². The minimum atomic E-state index is 0.343. The largest absolute Gasteiger partial charge is 0.323 e. The smallest absolute Gasteiger partial charge is 0.123 e. The Hall–Kier alpha value is -2.84. The molecule has 2 heterocycles. The maximum absolute atomic E-state index is 2.37. The molecule has 4 rings (SSSR count). The molecule has 0 bridgehead atoms. The summed E-state index contributed by atoms with van der Waals surface area (Å²) in [6, 6.07) is 30.9. The van der Waals surface area contributed by atoms with Crippen molar-refractivity contribution in [1.82, 2.24) is 4.40 Å². The van der Waals surface area contributed by atoms with E-state index in [1.807, 2.05) is 0 Å². The topological polar surface area (TPSA) is 4.41 Å². The number of pyridine rings is 1. The van der Waals surface area contributed by atoms with Crippen molar-refractivity contribution in [2.45, 2.75) is 25.4 Å². The van der Waals surface area contributed by atoms with Gasteiger partial charge in [0.25, 0.3) is 0 Å². The summed E-state index contributed by atoms with van der Waals surface area (Å²) in [5, 5.41) is 0. The van der Waals surface area contributed by atoms with Gasteiger partial charge in [0, 0.05) is 29.4 Å². The van der Waals surface area contributed by atoms with Gasteiger partial charge < -0.3 is 8.88 Å². The lowest BCUT2D eigenvalue weighted by Gasteiger charge is -2.41. The van der Waals surface area contributed by atoms with Gasteiger partial charge in [-0.1, -0.05) is 73.7 Å². The SMILES string of the molecule is CC(c1ccccc1)C(c1ccn2ccccc12)[N+](C)(C)Cc1ccccc1. The van der Waals surface area contributed by atoms with Gasteiger partial charge in [-0.25, -0.2) is 0 Å². The molecule has 2 aromatic carbocycles. The average molecular weight is 370 g/mol. The van der Waals surface area contributed by atoms with Crippen LogP contribution in [0, 0.1) is 0 Å². The van der Waals surface area contributed by atoms with Gasteiger partial charge in [-0.3, -0.25) is 0 Å². The molecule has 0 radical (unpaired) electrons. The second-order valence-electron chi connectivity index (χ2n) is 8.33. The van der Waals surface area contributed by atoms with E-state index in [-0.39, 0.29) is 0 Å². The van der Waals surface area contributed by atoms with E-state index in [0.717, 1.165) is 11.0 Å². The third-order valence-corrected chi connectivity index (χ3v) is 5.90. The van der Waals surface area contributed by atoms with Crippen LogP contribution in [0.25, 0.3) is 5.52 Å². The summed E-state index contributed by atoms with van der Waals surface area (Å²) in [5.74, 6) is 0.395. The van der Waals surface area contributed by atoms with E-state index >= 15 is 0 Å². The molecular weight excluding hydrogens is 340 g/mol. The van der Waals surface area contributed by atoms with Crippen LogP contribution in [0.3, 0.4) is 0 Å². The molecule has 0 aliphatic heterocycles. The summed E-state index contributed by atoms with van der Waals surface area (Å²) in [7, 11) is 4.73. The molecule has 0 saturated heterocycles. The van der Waals surface area contributed by atoms with Gasteiger partial charge in [0.2, 0.25) is 0 Å². The van der Waals surface area contributed by atoms with Crippen LogP contribution in [-0.2, 0) is 6.54 Å². The zero-order chi connectivity index (χ0) is 19.6. The molecule has 2 aromatic heterocycles. The first kappa shape index (κ1) is 18.5. The van der Waals surface area contributed by atoms with Gasteiger partial charge in [-0.15, -0.1) is 0 Å². The normalized spacial score (nSPS) is 14.1. The van der Waals surface area contributed by atoms with Gasteiger partial charge in [0.1, 0.15) is 12.6 Å². The van der Waals surface area contributed by atoms with Crippen molar-refractivity contribution < 1.29 is 4.48 Å². The third-order valence-electron chi connectivity index (χ3n) is 5.90. The minimum absolute atomic E-state index is 0.343. The highest BCUT2D eigenvalue weighted by Crippen LogP contribution is 2.41. The van der Waals surface area contributed by atoms with Crippen LogP contribution in [-0.4, -0.2) is 23.0 Å². The van der Waals surface area contributed by atoms with Crippen molar-refractivity contribution in [3.05, 3.63) is 114 Å². The minimum Gasteiger partial charge on any atom is -0.323 e. The maximum Gasteiger partial charge on any atom is 0.123 e. The van der Waals surface area contributed by atoms with Gasteiger partial charge in [0.15, 0.2) is 0 Å². The summed E-state index contributed by atoms with van der Waals surface area (Å²) < 4.78 is 3.14. The number of likely N-dealkylation sites (N-methyl/N-ethyl adjacent to an activating group) is 1. The first-order chi connectivity index (χ1) is 13.6. The molecule has 2 unspecified atom stereocenters. The number of aromatic nitrogens is 1. The number of hydrogen-bond acceptors (Lipinski definition) is 0. The molecule has 4 aromatic rings. The van der Waals surface area contributed by atoms with Crippen molar-refractivity contribution in [1.29, 1.82) is 0 Å². The fourth-order valence-corrected chi connectivity index (χ4v) is 4.67. The third kappa shape index (κ3) is 3.61. The molecule has 0 spiro atoms. The Morgan fingerprint density at radius 3 is 2.11 bits per heavy atom. The monoisotopic (exact) mass is 369 g/mol. The van der Waals surface area contributed by atoms with E-state index in [9.17, 15) is 0 Å². The molecule has 28 heavy (non-hydrogen) atoms. The Labute approximate surface area is 168 Å². The van der Waals surface area contributed by atoms with Crippen LogP contribution in [0.1, 0.15) is 35.6 Å². The van der Waals surface area contributed by atoms with Crippen molar-refractivity contribution >= 4 is 5.52 Å². The summed E-state index contributed by atoms with van der Waals surface area (Å²) >= 11 is 0. The molecule has 0 aliphatic carbocycles. The number of nitrogens with zero attached hydrogens (tertiary/aromatic N) is 2. The number of hydrogen-bond donors (Lipinski definition) is 0. The van der Waals surface area contributed by atoms with Crippen molar-refractivity contribution in [3.63, 3.8) is 0 Å². The molecule has 0 saturated carbocycles. The number of benzene rings is 2. The summed E-state index contributed by atoms with van der Waals surface area (Å²) in [6.07, 6.45) is 4.33. The Kier molecular flexibility index (Phi) is 5.06. The molecule has 2 heteroatoms. The highest BCUT2D eigenvalue weighted by molar-refractivity contribution is 5.57. The molecule has 0 amide bonds. The Morgan fingerprint density at radius 1 is 0.750 bits per heavy atom. The van der Waals surface area contributed by atoms with Crippen LogP contribution in [0.15, 0.2) is 97.3 Å². The summed E-state index contributed by atoms with van der Waals surface area (Å²) in [5.41, 5.74) is 5.48. The van der Waals surface area contributed by atoms with Crippen LogP contribution in [0.5, 0.6) is 0 Å². The van der Waals surface area contributed by atoms with E-state index in [2.05, 4.69) is 123 Å². The first-order valence-electron chi connectivity index (χ1n) is 10.0. The van der Waals surface area contributed by atoms with Gasteiger partial charge >= 0.3 is 0 Å². The Balaban J connectivity index is 1.81. The molecule has 0 fully saturated rings. The predicted molar refractivity (Wildman–Crippen MR) is 117 cm³/mol. The first-order valence-corrected chi connectivity index (χ1v) is 10.0. The molecule has 0 N–H and O–H groups in total.